The number of rotatable bonds is 7. The van der Waals surface area contributed by atoms with Crippen molar-refractivity contribution in [2.24, 2.45) is 10.4 Å². The fourth-order valence-electron chi connectivity index (χ4n) is 4.67. The van der Waals surface area contributed by atoms with E-state index in [2.05, 4.69) is 21.7 Å². The molecule has 1 saturated carbocycles. The van der Waals surface area contributed by atoms with Crippen LogP contribution in [0.4, 0.5) is 4.39 Å². The Morgan fingerprint density at radius 2 is 1.96 bits per heavy atom. The second-order valence-corrected chi connectivity index (χ2v) is 8.41. The molecule has 0 radical (unpaired) electrons. The van der Waals surface area contributed by atoms with Crippen LogP contribution in [0.15, 0.2) is 29.3 Å². The van der Waals surface area contributed by atoms with E-state index < -0.39 is 0 Å². The summed E-state index contributed by atoms with van der Waals surface area (Å²) in [4.78, 5) is 4.38. The topological polar surface area (TPSA) is 65.9 Å². The van der Waals surface area contributed by atoms with E-state index >= 15 is 0 Å². The van der Waals surface area contributed by atoms with Crippen molar-refractivity contribution in [1.29, 1.82) is 0 Å². The van der Waals surface area contributed by atoms with E-state index in [0.29, 0.717) is 6.61 Å². The van der Waals surface area contributed by atoms with Gasteiger partial charge in [0.05, 0.1) is 6.61 Å². The minimum atomic E-state index is -0.169. The molecule has 2 aliphatic rings. The summed E-state index contributed by atoms with van der Waals surface area (Å²) in [5, 5.41) is 16.3. The number of halogens is 1. The number of hydrogen-bond donors (Lipinski definition) is 3. The molecule has 156 valence electrons. The molecule has 1 saturated heterocycles. The molecule has 5 nitrogen and oxygen atoms in total. The lowest BCUT2D eigenvalue weighted by Crippen LogP contribution is -2.49. The zero-order valence-corrected chi connectivity index (χ0v) is 17.0. The van der Waals surface area contributed by atoms with Crippen molar-refractivity contribution < 1.29 is 14.2 Å². The number of hydrogen-bond acceptors (Lipinski definition) is 3. The van der Waals surface area contributed by atoms with Crippen molar-refractivity contribution in [3.05, 3.63) is 35.6 Å². The standard InChI is InChI=1S/C22H34FN3O2/c1-24-20(25-15-21(10-12-27)11-13-28-17-21)26-16-22(8-3-2-4-9-22)18-6-5-7-19(23)14-18/h5-7,14,27H,2-4,8-13,15-17H2,1H3,(H2,24,25,26). The summed E-state index contributed by atoms with van der Waals surface area (Å²) in [6.07, 6.45) is 7.37. The van der Waals surface area contributed by atoms with Crippen LogP contribution in [0.5, 0.6) is 0 Å². The van der Waals surface area contributed by atoms with Gasteiger partial charge in [-0.2, -0.15) is 0 Å². The first-order chi connectivity index (χ1) is 13.6. The van der Waals surface area contributed by atoms with E-state index in [-0.39, 0.29) is 23.3 Å². The minimum absolute atomic E-state index is 0.0303. The Morgan fingerprint density at radius 1 is 1.18 bits per heavy atom. The second-order valence-electron chi connectivity index (χ2n) is 8.41. The van der Waals surface area contributed by atoms with Crippen LogP contribution in [-0.2, 0) is 10.2 Å². The average Bonchev–Trinajstić information content (AvgIpc) is 3.18. The molecular formula is C22H34FN3O2. The molecule has 2 fully saturated rings. The van der Waals surface area contributed by atoms with Crippen molar-refractivity contribution in [3.63, 3.8) is 0 Å². The molecule has 3 rings (SSSR count). The van der Waals surface area contributed by atoms with Gasteiger partial charge < -0.3 is 20.5 Å². The predicted molar refractivity (Wildman–Crippen MR) is 110 cm³/mol. The van der Waals surface area contributed by atoms with E-state index in [9.17, 15) is 9.50 Å². The number of ether oxygens (including phenoxy) is 1. The van der Waals surface area contributed by atoms with Crippen LogP contribution < -0.4 is 10.6 Å². The summed E-state index contributed by atoms with van der Waals surface area (Å²) < 4.78 is 19.4. The first-order valence-electron chi connectivity index (χ1n) is 10.5. The molecule has 28 heavy (non-hydrogen) atoms. The lowest BCUT2D eigenvalue weighted by Gasteiger charge is -2.38. The lowest BCUT2D eigenvalue weighted by atomic mass is 9.69. The molecule has 3 N–H and O–H groups in total. The van der Waals surface area contributed by atoms with Crippen molar-refractivity contribution in [1.82, 2.24) is 10.6 Å². The molecule has 1 atom stereocenters. The summed E-state index contributed by atoms with van der Waals surface area (Å²) >= 11 is 0. The van der Waals surface area contributed by atoms with Gasteiger partial charge in [-0.25, -0.2) is 4.39 Å². The number of aliphatic hydroxyl groups is 1. The first kappa shape index (κ1) is 21.1. The van der Waals surface area contributed by atoms with Gasteiger partial charge in [0.2, 0.25) is 0 Å². The summed E-state index contributed by atoms with van der Waals surface area (Å²) in [6.45, 7) is 3.04. The van der Waals surface area contributed by atoms with Crippen molar-refractivity contribution in [2.45, 2.75) is 50.4 Å². The van der Waals surface area contributed by atoms with Crippen LogP contribution in [0, 0.1) is 11.2 Å². The monoisotopic (exact) mass is 391 g/mol. The van der Waals surface area contributed by atoms with Gasteiger partial charge in [0, 0.05) is 44.2 Å². The van der Waals surface area contributed by atoms with Crippen molar-refractivity contribution in [3.8, 4) is 0 Å². The summed E-state index contributed by atoms with van der Waals surface area (Å²) in [6, 6.07) is 7.07. The number of benzene rings is 1. The van der Waals surface area contributed by atoms with Gasteiger partial charge in [-0.3, -0.25) is 4.99 Å². The average molecular weight is 392 g/mol. The maximum atomic E-state index is 13.9. The molecule has 0 amide bonds. The number of aliphatic imine (C=N–C) groups is 1. The third-order valence-corrected chi connectivity index (χ3v) is 6.52. The van der Waals surface area contributed by atoms with Crippen LogP contribution in [0.2, 0.25) is 0 Å². The number of nitrogens with one attached hydrogen (secondary N) is 2. The third-order valence-electron chi connectivity index (χ3n) is 6.52. The SMILES string of the molecule is CN=C(NCC1(CCO)CCOC1)NCC1(c2cccc(F)c2)CCCCC1. The van der Waals surface area contributed by atoms with Crippen molar-refractivity contribution in [2.75, 3.05) is 40.0 Å². The number of guanidine groups is 1. The first-order valence-corrected chi connectivity index (χ1v) is 10.5. The molecule has 0 spiro atoms. The number of aliphatic hydroxyl groups excluding tert-OH is 1. The highest BCUT2D eigenvalue weighted by Gasteiger charge is 2.36. The Labute approximate surface area is 167 Å². The Morgan fingerprint density at radius 3 is 2.61 bits per heavy atom. The van der Waals surface area contributed by atoms with Crippen molar-refractivity contribution >= 4 is 5.96 Å². The quantitative estimate of drug-likeness (QED) is 0.494. The van der Waals surface area contributed by atoms with Crippen LogP contribution in [0.25, 0.3) is 0 Å². The molecule has 1 aliphatic heterocycles. The van der Waals surface area contributed by atoms with Gasteiger partial charge >= 0.3 is 0 Å². The molecule has 1 heterocycles. The zero-order valence-electron chi connectivity index (χ0n) is 17.0. The lowest BCUT2D eigenvalue weighted by molar-refractivity contribution is 0.127. The van der Waals surface area contributed by atoms with E-state index in [0.717, 1.165) is 56.9 Å². The van der Waals surface area contributed by atoms with Gasteiger partial charge in [-0.15, -0.1) is 0 Å². The number of nitrogens with zero attached hydrogens (tertiary/aromatic N) is 1. The molecule has 1 aromatic rings. The summed E-state index contributed by atoms with van der Waals surface area (Å²) in [5.74, 6) is 0.586. The highest BCUT2D eigenvalue weighted by molar-refractivity contribution is 5.79. The van der Waals surface area contributed by atoms with Gasteiger partial charge in [0.1, 0.15) is 5.82 Å². The van der Waals surface area contributed by atoms with E-state index in [1.54, 1.807) is 13.1 Å². The van der Waals surface area contributed by atoms with Crippen LogP contribution in [0.1, 0.15) is 50.5 Å². The fourth-order valence-corrected chi connectivity index (χ4v) is 4.67. The normalized spacial score (nSPS) is 24.9. The fraction of sp³-hybridized carbons (Fsp3) is 0.682. The summed E-state index contributed by atoms with van der Waals surface area (Å²) in [5.41, 5.74) is 0.991. The second kappa shape index (κ2) is 9.70. The Kier molecular flexibility index (Phi) is 7.30. The third kappa shape index (κ3) is 5.03. The van der Waals surface area contributed by atoms with E-state index in [1.807, 2.05) is 6.07 Å². The molecule has 0 bridgehead atoms. The molecular weight excluding hydrogens is 357 g/mol. The molecule has 1 aliphatic carbocycles. The van der Waals surface area contributed by atoms with E-state index in [4.69, 9.17) is 4.74 Å². The molecule has 6 heteroatoms. The van der Waals surface area contributed by atoms with Crippen LogP contribution >= 0.6 is 0 Å². The zero-order chi connectivity index (χ0) is 19.9. The van der Waals surface area contributed by atoms with Gasteiger partial charge in [-0.05, 0) is 43.4 Å². The maximum Gasteiger partial charge on any atom is 0.191 e. The van der Waals surface area contributed by atoms with E-state index in [1.165, 1.54) is 25.3 Å². The smallest absolute Gasteiger partial charge is 0.191 e. The highest BCUT2D eigenvalue weighted by Crippen LogP contribution is 2.39. The van der Waals surface area contributed by atoms with Crippen LogP contribution in [-0.4, -0.2) is 51.0 Å². The molecule has 1 unspecified atom stereocenters. The molecule has 1 aromatic carbocycles. The van der Waals surface area contributed by atoms with Gasteiger partial charge in [-0.1, -0.05) is 31.4 Å². The minimum Gasteiger partial charge on any atom is -0.396 e. The summed E-state index contributed by atoms with van der Waals surface area (Å²) in [7, 11) is 1.77. The predicted octanol–water partition coefficient (Wildman–Crippen LogP) is 2.98. The Balaban J connectivity index is 1.64. The largest absolute Gasteiger partial charge is 0.396 e. The highest BCUT2D eigenvalue weighted by atomic mass is 19.1. The Hall–Kier alpha value is -1.66. The van der Waals surface area contributed by atoms with Gasteiger partial charge in [0.25, 0.3) is 0 Å². The molecule has 0 aromatic heterocycles. The Bertz CT molecular complexity index is 653. The van der Waals surface area contributed by atoms with Crippen LogP contribution in [0.3, 0.4) is 0 Å². The maximum absolute atomic E-state index is 13.9. The van der Waals surface area contributed by atoms with Gasteiger partial charge in [0.15, 0.2) is 5.96 Å².